The van der Waals surface area contributed by atoms with E-state index in [-0.39, 0.29) is 12.5 Å². The summed E-state index contributed by atoms with van der Waals surface area (Å²) in [4.78, 5) is 14.1. The van der Waals surface area contributed by atoms with Crippen LogP contribution in [0.5, 0.6) is 0 Å². The molecule has 1 heterocycles. The van der Waals surface area contributed by atoms with Gasteiger partial charge in [0.2, 0.25) is 0 Å². The number of thiophene rings is 1. The van der Waals surface area contributed by atoms with Crippen LogP contribution in [-0.4, -0.2) is 23.2 Å². The molecule has 0 atom stereocenters. The number of hydrogen-bond acceptors (Lipinski definition) is 3. The Morgan fingerprint density at radius 3 is 2.83 bits per heavy atom. The number of fused-ring (bicyclic) bond motifs is 1. The molecule has 1 aliphatic rings. The molecule has 0 aromatic carbocycles. The van der Waals surface area contributed by atoms with Crippen molar-refractivity contribution in [3.8, 4) is 0 Å². The van der Waals surface area contributed by atoms with Crippen molar-refractivity contribution in [3.05, 3.63) is 21.4 Å². The van der Waals surface area contributed by atoms with Gasteiger partial charge in [-0.25, -0.2) is 0 Å². The Morgan fingerprint density at radius 2 is 2.11 bits per heavy atom. The van der Waals surface area contributed by atoms with E-state index in [1.54, 1.807) is 25.2 Å². The summed E-state index contributed by atoms with van der Waals surface area (Å²) in [5.74, 6) is -0.0600. The van der Waals surface area contributed by atoms with Crippen LogP contribution in [0.25, 0.3) is 0 Å². The van der Waals surface area contributed by atoms with Crippen molar-refractivity contribution in [2.45, 2.75) is 51.6 Å². The third-order valence-electron chi connectivity index (χ3n) is 3.15. The minimum absolute atomic E-state index is 0.0600. The minimum atomic E-state index is -0.857. The number of aryl methyl sites for hydroxylation is 2. The summed E-state index contributed by atoms with van der Waals surface area (Å²) >= 11 is 1.61. The molecule has 0 saturated heterocycles. The number of hydrogen-bond donors (Lipinski definition) is 2. The molecular weight excluding hydrogens is 246 g/mol. The zero-order chi connectivity index (χ0) is 13.2. The van der Waals surface area contributed by atoms with Crippen LogP contribution in [0.4, 0.5) is 0 Å². The number of carbonyl (C=O) groups excluding carboxylic acids is 1. The number of nitrogens with one attached hydrogen (secondary N) is 1. The summed E-state index contributed by atoms with van der Waals surface area (Å²) in [7, 11) is 0. The fourth-order valence-corrected chi connectivity index (χ4v) is 3.33. The van der Waals surface area contributed by atoms with Gasteiger partial charge >= 0.3 is 0 Å². The lowest BCUT2D eigenvalue weighted by Gasteiger charge is -2.17. The molecule has 0 bridgehead atoms. The van der Waals surface area contributed by atoms with Crippen molar-refractivity contribution in [3.63, 3.8) is 0 Å². The summed E-state index contributed by atoms with van der Waals surface area (Å²) in [5.41, 5.74) is 0.496. The predicted octanol–water partition coefficient (Wildman–Crippen LogP) is 2.52. The molecule has 18 heavy (non-hydrogen) atoms. The maximum atomic E-state index is 12.0. The maximum absolute atomic E-state index is 12.0. The van der Waals surface area contributed by atoms with Gasteiger partial charge in [0.25, 0.3) is 5.91 Å². The molecule has 1 aliphatic carbocycles. The van der Waals surface area contributed by atoms with Gasteiger partial charge in [0.05, 0.1) is 10.5 Å². The third kappa shape index (κ3) is 3.56. The highest BCUT2D eigenvalue weighted by molar-refractivity contribution is 7.14. The first-order chi connectivity index (χ1) is 8.46. The zero-order valence-electron chi connectivity index (χ0n) is 11.1. The zero-order valence-corrected chi connectivity index (χ0v) is 11.9. The van der Waals surface area contributed by atoms with Crippen LogP contribution in [0.1, 0.15) is 53.2 Å². The van der Waals surface area contributed by atoms with Gasteiger partial charge in [-0.05, 0) is 51.2 Å². The second kappa shape index (κ2) is 5.41. The van der Waals surface area contributed by atoms with Crippen LogP contribution < -0.4 is 5.32 Å². The number of carbonyl (C=O) groups is 1. The Balaban J connectivity index is 2.03. The van der Waals surface area contributed by atoms with Gasteiger partial charge in [0.15, 0.2) is 0 Å². The van der Waals surface area contributed by atoms with E-state index >= 15 is 0 Å². The second-order valence-corrected chi connectivity index (χ2v) is 6.75. The summed E-state index contributed by atoms with van der Waals surface area (Å²) in [5, 5.41) is 12.4. The van der Waals surface area contributed by atoms with E-state index in [1.165, 1.54) is 29.7 Å². The lowest BCUT2D eigenvalue weighted by molar-refractivity contribution is 0.0696. The average molecular weight is 267 g/mol. The van der Waals surface area contributed by atoms with E-state index < -0.39 is 5.60 Å². The summed E-state index contributed by atoms with van der Waals surface area (Å²) in [6.07, 6.45) is 5.97. The first-order valence-corrected chi connectivity index (χ1v) is 7.39. The van der Waals surface area contributed by atoms with Crippen molar-refractivity contribution < 1.29 is 9.90 Å². The number of amides is 1. The number of aliphatic hydroxyl groups is 1. The number of rotatable bonds is 3. The Morgan fingerprint density at radius 1 is 1.39 bits per heavy atom. The van der Waals surface area contributed by atoms with Crippen LogP contribution in [0.15, 0.2) is 6.07 Å². The molecule has 2 rings (SSSR count). The van der Waals surface area contributed by atoms with E-state index in [9.17, 15) is 9.90 Å². The summed E-state index contributed by atoms with van der Waals surface area (Å²) in [6, 6.07) is 2.03. The fraction of sp³-hybridized carbons (Fsp3) is 0.643. The highest BCUT2D eigenvalue weighted by Gasteiger charge is 2.18. The quantitative estimate of drug-likeness (QED) is 0.827. The third-order valence-corrected chi connectivity index (χ3v) is 4.39. The Hall–Kier alpha value is -0.870. The molecule has 0 radical (unpaired) electrons. The van der Waals surface area contributed by atoms with E-state index in [0.717, 1.165) is 17.7 Å². The topological polar surface area (TPSA) is 49.3 Å². The van der Waals surface area contributed by atoms with Crippen molar-refractivity contribution in [2.24, 2.45) is 0 Å². The predicted molar refractivity (Wildman–Crippen MR) is 74.2 cm³/mol. The normalized spacial score (nSPS) is 15.9. The standard InChI is InChI=1S/C14H21NO2S/c1-14(2,17)9-15-13(16)12-8-10-6-4-3-5-7-11(10)18-12/h8,17H,3-7,9H2,1-2H3,(H,15,16). The molecule has 0 spiro atoms. The van der Waals surface area contributed by atoms with Crippen LogP contribution in [-0.2, 0) is 12.8 Å². The van der Waals surface area contributed by atoms with Gasteiger partial charge in [0.1, 0.15) is 0 Å². The van der Waals surface area contributed by atoms with E-state index in [4.69, 9.17) is 0 Å². The summed E-state index contributed by atoms with van der Waals surface area (Å²) < 4.78 is 0. The average Bonchev–Trinajstić information content (AvgIpc) is 2.57. The molecule has 1 aromatic heterocycles. The van der Waals surface area contributed by atoms with Crippen molar-refractivity contribution in [1.29, 1.82) is 0 Å². The lowest BCUT2D eigenvalue weighted by Crippen LogP contribution is -2.37. The molecular formula is C14H21NO2S. The molecule has 2 N–H and O–H groups in total. The second-order valence-electron chi connectivity index (χ2n) is 5.61. The van der Waals surface area contributed by atoms with E-state index in [2.05, 4.69) is 5.32 Å². The molecule has 1 amide bonds. The molecule has 1 aromatic rings. The van der Waals surface area contributed by atoms with Crippen LogP contribution in [0, 0.1) is 0 Å². The van der Waals surface area contributed by atoms with Gasteiger partial charge in [-0.1, -0.05) is 6.42 Å². The SMILES string of the molecule is CC(C)(O)CNC(=O)c1cc2c(s1)CCCCC2. The van der Waals surface area contributed by atoms with E-state index in [0.29, 0.717) is 0 Å². The molecule has 3 nitrogen and oxygen atoms in total. The Labute approximate surface area is 112 Å². The van der Waals surface area contributed by atoms with Crippen molar-refractivity contribution in [2.75, 3.05) is 6.54 Å². The van der Waals surface area contributed by atoms with Gasteiger partial charge in [-0.15, -0.1) is 11.3 Å². The van der Waals surface area contributed by atoms with Crippen LogP contribution in [0.2, 0.25) is 0 Å². The fourth-order valence-electron chi connectivity index (χ4n) is 2.16. The van der Waals surface area contributed by atoms with E-state index in [1.807, 2.05) is 6.07 Å². The molecule has 0 fully saturated rings. The Kier molecular flexibility index (Phi) is 4.07. The smallest absolute Gasteiger partial charge is 0.261 e. The van der Waals surface area contributed by atoms with Crippen molar-refractivity contribution >= 4 is 17.2 Å². The maximum Gasteiger partial charge on any atom is 0.261 e. The van der Waals surface area contributed by atoms with Crippen molar-refractivity contribution in [1.82, 2.24) is 5.32 Å². The molecule has 0 unspecified atom stereocenters. The minimum Gasteiger partial charge on any atom is -0.389 e. The molecule has 100 valence electrons. The highest BCUT2D eigenvalue weighted by Crippen LogP contribution is 2.28. The van der Waals surface area contributed by atoms with Gasteiger partial charge in [-0.3, -0.25) is 4.79 Å². The lowest BCUT2D eigenvalue weighted by atomic mass is 10.1. The monoisotopic (exact) mass is 267 g/mol. The van der Waals surface area contributed by atoms with Gasteiger partial charge < -0.3 is 10.4 Å². The van der Waals surface area contributed by atoms with Crippen LogP contribution in [0.3, 0.4) is 0 Å². The molecule has 0 saturated carbocycles. The first-order valence-electron chi connectivity index (χ1n) is 6.58. The molecule has 4 heteroatoms. The van der Waals surface area contributed by atoms with Crippen LogP contribution >= 0.6 is 11.3 Å². The van der Waals surface area contributed by atoms with Gasteiger partial charge in [-0.2, -0.15) is 0 Å². The summed E-state index contributed by atoms with van der Waals surface area (Å²) in [6.45, 7) is 3.67. The highest BCUT2D eigenvalue weighted by atomic mass is 32.1. The first kappa shape index (κ1) is 13.6. The van der Waals surface area contributed by atoms with Gasteiger partial charge in [0, 0.05) is 11.4 Å². The molecule has 0 aliphatic heterocycles. The Bertz CT molecular complexity index is 408. The largest absolute Gasteiger partial charge is 0.389 e.